The van der Waals surface area contributed by atoms with E-state index in [9.17, 15) is 15.0 Å². The number of carbonyl (C=O) groups is 1. The van der Waals surface area contributed by atoms with Gasteiger partial charge in [0.05, 0.1) is 12.2 Å². The molecule has 4 aliphatic rings. The maximum atomic E-state index is 11.9. The quantitative estimate of drug-likeness (QED) is 0.723. The van der Waals surface area contributed by atoms with E-state index in [1.54, 1.807) is 0 Å². The lowest BCUT2D eigenvalue weighted by Crippen LogP contribution is -2.59. The second-order valence-electron chi connectivity index (χ2n) is 9.19. The highest BCUT2D eigenvalue weighted by molar-refractivity contribution is 5.79. The van der Waals surface area contributed by atoms with Crippen molar-refractivity contribution in [2.24, 2.45) is 34.5 Å². The predicted octanol–water partition coefficient (Wildman–Crippen LogP) is 2.93. The molecule has 0 aromatic carbocycles. The highest BCUT2D eigenvalue weighted by atomic mass is 16.3. The molecule has 0 spiro atoms. The third-order valence-corrected chi connectivity index (χ3v) is 8.36. The molecule has 0 saturated heterocycles. The SMILES string of the molecule is C[C@]12CCC(=O)C[C@@H]1CC[C@H]1[C@H]2[C@H](O)C[C@]2(C)[C@@H](O)CC[C@@H]12. The fourth-order valence-corrected chi connectivity index (χ4v) is 7.14. The Balaban J connectivity index is 1.69. The normalized spacial score (nSPS) is 57.9. The lowest BCUT2D eigenvalue weighted by molar-refractivity contribution is -0.177. The molecule has 0 radical (unpaired) electrons. The first kappa shape index (κ1) is 15.1. The molecular formula is C19H30O3. The third kappa shape index (κ3) is 1.84. The molecule has 4 saturated carbocycles. The number of fused-ring (bicyclic) bond motifs is 5. The standard InChI is InChI=1S/C19H30O3/c1-18-8-7-12(20)9-11(18)3-4-13-14-5-6-16(22)19(14,2)10-15(21)17(13)18/h11,13-17,21-22H,3-10H2,1-2H3/t11-,13+,14-,15+,16-,17-,18-,19-/m0/s1. The summed E-state index contributed by atoms with van der Waals surface area (Å²) in [5, 5.41) is 21.5. The van der Waals surface area contributed by atoms with Crippen LogP contribution in [0.25, 0.3) is 0 Å². The van der Waals surface area contributed by atoms with Crippen molar-refractivity contribution in [2.75, 3.05) is 0 Å². The van der Waals surface area contributed by atoms with Crippen LogP contribution in [-0.4, -0.2) is 28.2 Å². The van der Waals surface area contributed by atoms with Gasteiger partial charge in [0.1, 0.15) is 5.78 Å². The Morgan fingerprint density at radius 1 is 1.05 bits per heavy atom. The zero-order valence-electron chi connectivity index (χ0n) is 13.9. The van der Waals surface area contributed by atoms with Crippen LogP contribution in [0.4, 0.5) is 0 Å². The largest absolute Gasteiger partial charge is 0.393 e. The highest BCUT2D eigenvalue weighted by Gasteiger charge is 2.62. The number of aliphatic hydroxyl groups is 2. The summed E-state index contributed by atoms with van der Waals surface area (Å²) in [6.45, 7) is 4.55. The minimum absolute atomic E-state index is 0.0890. The lowest BCUT2D eigenvalue weighted by Gasteiger charge is -2.61. The van der Waals surface area contributed by atoms with Gasteiger partial charge < -0.3 is 10.2 Å². The molecule has 3 nitrogen and oxygen atoms in total. The van der Waals surface area contributed by atoms with Crippen LogP contribution in [0.1, 0.15) is 65.2 Å². The minimum atomic E-state index is -0.306. The number of aliphatic hydroxyl groups excluding tert-OH is 2. The van der Waals surface area contributed by atoms with Crippen LogP contribution in [0.15, 0.2) is 0 Å². The molecule has 4 aliphatic carbocycles. The summed E-state index contributed by atoms with van der Waals surface area (Å²) >= 11 is 0. The first-order valence-corrected chi connectivity index (χ1v) is 9.24. The molecule has 0 amide bonds. The Morgan fingerprint density at radius 2 is 1.82 bits per heavy atom. The minimum Gasteiger partial charge on any atom is -0.393 e. The van der Waals surface area contributed by atoms with Crippen LogP contribution in [0.2, 0.25) is 0 Å². The molecule has 0 aromatic rings. The molecule has 124 valence electrons. The smallest absolute Gasteiger partial charge is 0.133 e. The zero-order chi connectivity index (χ0) is 15.7. The fourth-order valence-electron chi connectivity index (χ4n) is 7.14. The molecule has 2 N–H and O–H groups in total. The molecule has 4 fully saturated rings. The Kier molecular flexibility index (Phi) is 3.30. The summed E-state index contributed by atoms with van der Waals surface area (Å²) < 4.78 is 0. The van der Waals surface area contributed by atoms with Gasteiger partial charge in [0.2, 0.25) is 0 Å². The highest BCUT2D eigenvalue weighted by Crippen LogP contribution is 2.65. The Morgan fingerprint density at radius 3 is 2.59 bits per heavy atom. The maximum Gasteiger partial charge on any atom is 0.133 e. The van der Waals surface area contributed by atoms with Crippen molar-refractivity contribution in [3.8, 4) is 0 Å². The molecular weight excluding hydrogens is 276 g/mol. The van der Waals surface area contributed by atoms with Gasteiger partial charge in [0, 0.05) is 12.8 Å². The summed E-state index contributed by atoms with van der Waals surface area (Å²) in [7, 11) is 0. The van der Waals surface area contributed by atoms with Crippen molar-refractivity contribution in [3.05, 3.63) is 0 Å². The number of ketones is 1. The average Bonchev–Trinajstić information content (AvgIpc) is 2.75. The predicted molar refractivity (Wildman–Crippen MR) is 84.1 cm³/mol. The fraction of sp³-hybridized carbons (Fsp3) is 0.947. The van der Waals surface area contributed by atoms with Gasteiger partial charge in [-0.05, 0) is 73.0 Å². The Labute approximate surface area is 133 Å². The second-order valence-corrected chi connectivity index (χ2v) is 9.19. The first-order chi connectivity index (χ1) is 10.4. The van der Waals surface area contributed by atoms with Crippen LogP contribution in [0.5, 0.6) is 0 Å². The molecule has 3 heteroatoms. The molecule has 22 heavy (non-hydrogen) atoms. The van der Waals surface area contributed by atoms with Gasteiger partial charge in [-0.15, -0.1) is 0 Å². The average molecular weight is 306 g/mol. The van der Waals surface area contributed by atoms with Crippen molar-refractivity contribution in [2.45, 2.75) is 77.4 Å². The Hall–Kier alpha value is -0.410. The monoisotopic (exact) mass is 306 g/mol. The Bertz CT molecular complexity index is 489. The van der Waals surface area contributed by atoms with Gasteiger partial charge >= 0.3 is 0 Å². The van der Waals surface area contributed by atoms with Gasteiger partial charge in [0.15, 0.2) is 0 Å². The number of hydrogen-bond donors (Lipinski definition) is 2. The second kappa shape index (κ2) is 4.80. The molecule has 0 heterocycles. The van der Waals surface area contributed by atoms with E-state index < -0.39 is 0 Å². The molecule has 0 bridgehead atoms. The van der Waals surface area contributed by atoms with Gasteiger partial charge in [-0.3, -0.25) is 4.79 Å². The molecule has 8 atom stereocenters. The molecule has 0 aliphatic heterocycles. The summed E-state index contributed by atoms with van der Waals surface area (Å²) in [4.78, 5) is 11.9. The summed E-state index contributed by atoms with van der Waals surface area (Å²) in [5.41, 5.74) is 0.0411. The molecule has 0 unspecified atom stereocenters. The van der Waals surface area contributed by atoms with Gasteiger partial charge in [-0.2, -0.15) is 0 Å². The van der Waals surface area contributed by atoms with E-state index >= 15 is 0 Å². The lowest BCUT2D eigenvalue weighted by atomic mass is 9.44. The van der Waals surface area contributed by atoms with Crippen LogP contribution in [0, 0.1) is 34.5 Å². The summed E-state index contributed by atoms with van der Waals surface area (Å²) in [6.07, 6.45) is 6.88. The topological polar surface area (TPSA) is 57.5 Å². The third-order valence-electron chi connectivity index (χ3n) is 8.36. The van der Waals surface area contributed by atoms with Crippen LogP contribution < -0.4 is 0 Å². The van der Waals surface area contributed by atoms with E-state index in [1.165, 1.54) is 0 Å². The van der Waals surface area contributed by atoms with Crippen LogP contribution >= 0.6 is 0 Å². The van der Waals surface area contributed by atoms with E-state index in [0.717, 1.165) is 44.9 Å². The van der Waals surface area contributed by atoms with Crippen LogP contribution in [0.3, 0.4) is 0 Å². The number of Topliss-reactive ketones (excluding diaryl/α,β-unsaturated/α-hetero) is 1. The number of rotatable bonds is 0. The van der Waals surface area contributed by atoms with Gasteiger partial charge in [-0.1, -0.05) is 13.8 Å². The van der Waals surface area contributed by atoms with E-state index in [2.05, 4.69) is 13.8 Å². The molecule has 0 aromatic heterocycles. The van der Waals surface area contributed by atoms with Crippen molar-refractivity contribution in [1.29, 1.82) is 0 Å². The zero-order valence-corrected chi connectivity index (χ0v) is 13.9. The summed E-state index contributed by atoms with van der Waals surface area (Å²) in [6, 6.07) is 0. The number of carbonyl (C=O) groups excluding carboxylic acids is 1. The van der Waals surface area contributed by atoms with Crippen molar-refractivity contribution < 1.29 is 15.0 Å². The number of hydrogen-bond acceptors (Lipinski definition) is 3. The van der Waals surface area contributed by atoms with E-state index in [4.69, 9.17) is 0 Å². The van der Waals surface area contributed by atoms with Crippen molar-refractivity contribution in [1.82, 2.24) is 0 Å². The van der Waals surface area contributed by atoms with Gasteiger partial charge in [0.25, 0.3) is 0 Å². The van der Waals surface area contributed by atoms with Crippen molar-refractivity contribution in [3.63, 3.8) is 0 Å². The van der Waals surface area contributed by atoms with E-state index in [0.29, 0.717) is 35.9 Å². The molecule has 4 rings (SSSR count). The van der Waals surface area contributed by atoms with E-state index in [1.807, 2.05) is 0 Å². The van der Waals surface area contributed by atoms with Gasteiger partial charge in [-0.25, -0.2) is 0 Å². The van der Waals surface area contributed by atoms with E-state index in [-0.39, 0.29) is 23.0 Å². The van der Waals surface area contributed by atoms with Crippen molar-refractivity contribution >= 4 is 5.78 Å². The summed E-state index contributed by atoms with van der Waals surface area (Å²) in [5.74, 6) is 2.34. The maximum absolute atomic E-state index is 11.9. The van der Waals surface area contributed by atoms with Crippen LogP contribution in [-0.2, 0) is 4.79 Å². The first-order valence-electron chi connectivity index (χ1n) is 9.24.